The van der Waals surface area contributed by atoms with E-state index < -0.39 is 10.0 Å². The van der Waals surface area contributed by atoms with Crippen LogP contribution in [0.5, 0.6) is 5.75 Å². The maximum Gasteiger partial charge on any atom is 0.243 e. The largest absolute Gasteiger partial charge is 0.496 e. The Kier molecular flexibility index (Phi) is 6.99. The lowest BCUT2D eigenvalue weighted by Gasteiger charge is -2.37. The van der Waals surface area contributed by atoms with Gasteiger partial charge in [0.05, 0.1) is 17.7 Å². The molecule has 2 aliphatic rings. The van der Waals surface area contributed by atoms with Crippen LogP contribution in [0, 0.1) is 5.82 Å². The number of rotatable bonds is 7. The first-order chi connectivity index (χ1) is 15.5. The minimum atomic E-state index is -3.61. The standard InChI is InChI=1S/C23H30FN3O4S/c1-30-20-9-5-10-22-23(20)21(31-2)17-27(32(22,28)29)12-6-11-25-13-15-26(16-14-25)19-8-4-3-7-18(19)24/h3-5,7-10,21H,6,11-17H2,1-2H3. The summed E-state index contributed by atoms with van der Waals surface area (Å²) < 4.78 is 53.0. The number of nitrogens with zero attached hydrogens (tertiary/aromatic N) is 3. The molecule has 1 atom stereocenters. The predicted molar refractivity (Wildman–Crippen MR) is 121 cm³/mol. The van der Waals surface area contributed by atoms with Crippen molar-refractivity contribution in [2.75, 3.05) is 64.9 Å². The average Bonchev–Trinajstić information content (AvgIpc) is 2.81. The van der Waals surface area contributed by atoms with Gasteiger partial charge < -0.3 is 14.4 Å². The Labute approximate surface area is 189 Å². The van der Waals surface area contributed by atoms with Gasteiger partial charge in [0, 0.05) is 51.9 Å². The van der Waals surface area contributed by atoms with Gasteiger partial charge >= 0.3 is 0 Å². The van der Waals surface area contributed by atoms with Crippen LogP contribution in [0.1, 0.15) is 18.1 Å². The molecule has 1 unspecified atom stereocenters. The van der Waals surface area contributed by atoms with Crippen LogP contribution in [-0.2, 0) is 14.8 Å². The summed E-state index contributed by atoms with van der Waals surface area (Å²) in [6.45, 7) is 4.63. The molecule has 9 heteroatoms. The third-order valence-electron chi connectivity index (χ3n) is 6.29. The molecule has 0 N–H and O–H groups in total. The van der Waals surface area contributed by atoms with Crippen LogP contribution in [-0.4, -0.2) is 77.7 Å². The number of benzene rings is 2. The molecular formula is C23H30FN3O4S. The molecule has 174 valence electrons. The van der Waals surface area contributed by atoms with Crippen LogP contribution in [0.4, 0.5) is 10.1 Å². The van der Waals surface area contributed by atoms with Crippen molar-refractivity contribution in [3.63, 3.8) is 0 Å². The molecule has 2 heterocycles. The van der Waals surface area contributed by atoms with Gasteiger partial charge in [-0.05, 0) is 37.2 Å². The third-order valence-corrected chi connectivity index (χ3v) is 8.21. The van der Waals surface area contributed by atoms with Crippen LogP contribution in [0.3, 0.4) is 0 Å². The average molecular weight is 464 g/mol. The van der Waals surface area contributed by atoms with Gasteiger partial charge in [0.2, 0.25) is 10.0 Å². The molecule has 1 saturated heterocycles. The lowest BCUT2D eigenvalue weighted by Crippen LogP contribution is -2.47. The summed E-state index contributed by atoms with van der Waals surface area (Å²) in [6, 6.07) is 11.9. The molecule has 0 bridgehead atoms. The van der Waals surface area contributed by atoms with E-state index in [1.807, 2.05) is 12.1 Å². The van der Waals surface area contributed by atoms with Gasteiger partial charge in [-0.2, -0.15) is 4.31 Å². The number of hydrogen-bond acceptors (Lipinski definition) is 6. The molecule has 0 aliphatic carbocycles. The van der Waals surface area contributed by atoms with E-state index in [-0.39, 0.29) is 23.4 Å². The zero-order valence-corrected chi connectivity index (χ0v) is 19.4. The fourth-order valence-electron chi connectivity index (χ4n) is 4.55. The molecule has 0 radical (unpaired) electrons. The third kappa shape index (κ3) is 4.47. The van der Waals surface area contributed by atoms with Crippen molar-refractivity contribution < 1.29 is 22.3 Å². The number of hydrogen-bond donors (Lipinski definition) is 0. The zero-order valence-electron chi connectivity index (χ0n) is 18.5. The molecule has 4 rings (SSSR count). The van der Waals surface area contributed by atoms with Gasteiger partial charge in [0.15, 0.2) is 0 Å². The normalized spacial score (nSPS) is 21.3. The summed E-state index contributed by atoms with van der Waals surface area (Å²) in [5.74, 6) is 0.339. The van der Waals surface area contributed by atoms with Gasteiger partial charge in [-0.1, -0.05) is 18.2 Å². The number of methoxy groups -OCH3 is 2. The van der Waals surface area contributed by atoms with E-state index in [4.69, 9.17) is 9.47 Å². The van der Waals surface area contributed by atoms with Crippen LogP contribution >= 0.6 is 0 Å². The number of halogens is 1. The van der Waals surface area contributed by atoms with Crippen LogP contribution < -0.4 is 9.64 Å². The Morgan fingerprint density at radius 1 is 1.00 bits per heavy atom. The summed E-state index contributed by atoms with van der Waals surface area (Å²) in [5, 5.41) is 0. The van der Waals surface area contributed by atoms with Gasteiger partial charge in [0.1, 0.15) is 17.7 Å². The SMILES string of the molecule is COc1cccc2c1C(OC)CN(CCCN1CCN(c3ccccc3F)CC1)S2(=O)=O. The minimum Gasteiger partial charge on any atom is -0.496 e. The number of anilines is 1. The monoisotopic (exact) mass is 463 g/mol. The van der Waals surface area contributed by atoms with E-state index >= 15 is 0 Å². The van der Waals surface area contributed by atoms with Crippen molar-refractivity contribution in [1.82, 2.24) is 9.21 Å². The maximum atomic E-state index is 14.0. The van der Waals surface area contributed by atoms with Crippen LogP contribution in [0.15, 0.2) is 47.4 Å². The van der Waals surface area contributed by atoms with Gasteiger partial charge in [0.25, 0.3) is 0 Å². The molecule has 2 aliphatic heterocycles. The van der Waals surface area contributed by atoms with Crippen LogP contribution in [0.25, 0.3) is 0 Å². The summed E-state index contributed by atoms with van der Waals surface area (Å²) in [7, 11) is -0.482. The number of ether oxygens (including phenoxy) is 2. The first kappa shape index (κ1) is 23.0. The number of fused-ring (bicyclic) bond motifs is 1. The molecule has 32 heavy (non-hydrogen) atoms. The van der Waals surface area contributed by atoms with E-state index in [1.54, 1.807) is 31.4 Å². The summed E-state index contributed by atoms with van der Waals surface area (Å²) in [5.41, 5.74) is 1.24. The fourth-order valence-corrected chi connectivity index (χ4v) is 6.29. The van der Waals surface area contributed by atoms with E-state index in [2.05, 4.69) is 9.80 Å². The predicted octanol–water partition coefficient (Wildman–Crippen LogP) is 2.74. The highest BCUT2D eigenvalue weighted by atomic mass is 32.2. The van der Waals surface area contributed by atoms with Crippen molar-refractivity contribution in [2.24, 2.45) is 0 Å². The second-order valence-corrected chi connectivity index (χ2v) is 10.00. The van der Waals surface area contributed by atoms with E-state index in [9.17, 15) is 12.8 Å². The quantitative estimate of drug-likeness (QED) is 0.629. The zero-order chi connectivity index (χ0) is 22.7. The lowest BCUT2D eigenvalue weighted by molar-refractivity contribution is 0.0746. The summed E-state index contributed by atoms with van der Waals surface area (Å²) in [4.78, 5) is 4.63. The van der Waals surface area contributed by atoms with Crippen molar-refractivity contribution in [2.45, 2.75) is 17.4 Å². The van der Waals surface area contributed by atoms with Gasteiger partial charge in [-0.3, -0.25) is 4.90 Å². The Bertz CT molecular complexity index is 1040. The Balaban J connectivity index is 1.35. The summed E-state index contributed by atoms with van der Waals surface area (Å²) in [6.07, 6.45) is 0.350. The second-order valence-electron chi connectivity index (χ2n) is 8.09. The van der Waals surface area contributed by atoms with E-state index in [0.29, 0.717) is 30.0 Å². The van der Waals surface area contributed by atoms with Gasteiger partial charge in [-0.25, -0.2) is 12.8 Å². The highest BCUT2D eigenvalue weighted by Crippen LogP contribution is 2.39. The molecule has 2 aromatic rings. The fraction of sp³-hybridized carbons (Fsp3) is 0.478. The topological polar surface area (TPSA) is 62.3 Å². The number of piperazine rings is 1. The first-order valence-electron chi connectivity index (χ1n) is 10.9. The van der Waals surface area contributed by atoms with Crippen molar-refractivity contribution in [3.8, 4) is 5.75 Å². The summed E-state index contributed by atoms with van der Waals surface area (Å²) >= 11 is 0. The second kappa shape index (κ2) is 9.74. The van der Waals surface area contributed by atoms with E-state index in [1.165, 1.54) is 17.5 Å². The highest BCUT2D eigenvalue weighted by Gasteiger charge is 2.38. The molecule has 0 saturated carbocycles. The molecular weight excluding hydrogens is 433 g/mol. The maximum absolute atomic E-state index is 14.0. The molecule has 1 fully saturated rings. The van der Waals surface area contributed by atoms with Gasteiger partial charge in [-0.15, -0.1) is 0 Å². The first-order valence-corrected chi connectivity index (χ1v) is 12.3. The van der Waals surface area contributed by atoms with Crippen molar-refractivity contribution >= 4 is 15.7 Å². The van der Waals surface area contributed by atoms with Crippen molar-refractivity contribution in [3.05, 3.63) is 53.8 Å². The van der Waals surface area contributed by atoms with Crippen LogP contribution in [0.2, 0.25) is 0 Å². The Morgan fingerprint density at radius 3 is 2.44 bits per heavy atom. The highest BCUT2D eigenvalue weighted by molar-refractivity contribution is 7.89. The van der Waals surface area contributed by atoms with E-state index in [0.717, 1.165) is 32.7 Å². The molecule has 7 nitrogen and oxygen atoms in total. The molecule has 0 amide bonds. The number of sulfonamides is 1. The molecule has 0 aromatic heterocycles. The minimum absolute atomic E-state index is 0.194. The molecule has 0 spiro atoms. The van der Waals surface area contributed by atoms with Crippen molar-refractivity contribution in [1.29, 1.82) is 0 Å². The Hall–Kier alpha value is -2.20. The smallest absolute Gasteiger partial charge is 0.243 e. The molecule has 2 aromatic carbocycles. The Morgan fingerprint density at radius 2 is 1.75 bits per heavy atom. The number of para-hydroxylation sites is 1. The lowest BCUT2D eigenvalue weighted by atomic mass is 10.1.